The van der Waals surface area contributed by atoms with Crippen molar-refractivity contribution in [3.63, 3.8) is 0 Å². The maximum absolute atomic E-state index is 12.6. The number of para-hydroxylation sites is 1. The van der Waals surface area contributed by atoms with Crippen molar-refractivity contribution >= 4 is 23.3 Å². The Kier molecular flexibility index (Phi) is 6.46. The standard InChI is InChI=1S/C23H20N4O8/c1-12-17(21(31)27(26-12)13-7-3-2-4-8-13)25-24-15-10-6-5-9-14(15)22(32)34-11-16(28)20-18(29)19(30)23(33)35-20/h2-10,16,20,28-31H,11H2,1H3/b25-24+/t16-,20-/m1/s1. The highest BCUT2D eigenvalue weighted by Gasteiger charge is 2.39. The predicted octanol–water partition coefficient (Wildman–Crippen LogP) is 3.07. The van der Waals surface area contributed by atoms with Gasteiger partial charge in [-0.1, -0.05) is 30.3 Å². The summed E-state index contributed by atoms with van der Waals surface area (Å²) in [4.78, 5) is 23.9. The van der Waals surface area contributed by atoms with Gasteiger partial charge in [-0.05, 0) is 31.2 Å². The summed E-state index contributed by atoms with van der Waals surface area (Å²) in [6, 6.07) is 15.0. The van der Waals surface area contributed by atoms with Crippen molar-refractivity contribution in [2.45, 2.75) is 19.1 Å². The van der Waals surface area contributed by atoms with E-state index in [1.165, 1.54) is 16.8 Å². The molecule has 180 valence electrons. The second kappa shape index (κ2) is 9.65. The number of aromatic nitrogens is 2. The van der Waals surface area contributed by atoms with Crippen LogP contribution in [0, 0.1) is 6.92 Å². The molecule has 2 atom stereocenters. The topological polar surface area (TPSA) is 176 Å². The number of nitrogens with zero attached hydrogens (tertiary/aromatic N) is 4. The fourth-order valence-electron chi connectivity index (χ4n) is 3.26. The number of azo groups is 1. The summed E-state index contributed by atoms with van der Waals surface area (Å²) in [5, 5.41) is 52.0. The Morgan fingerprint density at radius 3 is 2.49 bits per heavy atom. The summed E-state index contributed by atoms with van der Waals surface area (Å²) in [5.41, 5.74) is 1.25. The minimum absolute atomic E-state index is 0.00192. The third-order valence-corrected chi connectivity index (χ3v) is 5.06. The molecule has 0 radical (unpaired) electrons. The Morgan fingerprint density at radius 2 is 1.80 bits per heavy atom. The molecule has 4 rings (SSSR count). The molecule has 35 heavy (non-hydrogen) atoms. The molecule has 0 bridgehead atoms. The van der Waals surface area contributed by atoms with Crippen LogP contribution in [0.15, 0.2) is 76.3 Å². The number of carbonyl (C=O) groups is 2. The zero-order valence-corrected chi connectivity index (χ0v) is 18.3. The molecular weight excluding hydrogens is 460 g/mol. The van der Waals surface area contributed by atoms with Crippen LogP contribution in [0.4, 0.5) is 11.4 Å². The minimum atomic E-state index is -1.62. The Balaban J connectivity index is 1.50. The molecule has 0 saturated carbocycles. The van der Waals surface area contributed by atoms with Gasteiger partial charge in [-0.2, -0.15) is 9.78 Å². The van der Waals surface area contributed by atoms with Gasteiger partial charge in [0.1, 0.15) is 18.4 Å². The molecule has 2 aromatic carbocycles. The van der Waals surface area contributed by atoms with E-state index in [0.717, 1.165) is 0 Å². The van der Waals surface area contributed by atoms with Gasteiger partial charge in [0, 0.05) is 0 Å². The SMILES string of the molecule is Cc1nn(-c2ccccc2)c(O)c1/N=N/c1ccccc1C(=O)OC[C@@H](O)[C@H]1OC(=O)C(O)=C1O. The average molecular weight is 480 g/mol. The number of benzene rings is 2. The van der Waals surface area contributed by atoms with E-state index in [9.17, 15) is 30.0 Å². The Morgan fingerprint density at radius 1 is 1.11 bits per heavy atom. The van der Waals surface area contributed by atoms with E-state index < -0.39 is 42.3 Å². The highest BCUT2D eigenvalue weighted by Crippen LogP contribution is 2.34. The number of aryl methyl sites for hydroxylation is 1. The number of cyclic esters (lactones) is 1. The molecule has 1 aliphatic rings. The van der Waals surface area contributed by atoms with Crippen molar-refractivity contribution in [1.82, 2.24) is 9.78 Å². The second-order valence-corrected chi connectivity index (χ2v) is 7.45. The van der Waals surface area contributed by atoms with Crippen LogP contribution < -0.4 is 0 Å². The number of hydrogen-bond acceptors (Lipinski definition) is 11. The number of aromatic hydroxyl groups is 1. The molecule has 4 N–H and O–H groups in total. The van der Waals surface area contributed by atoms with Crippen LogP contribution in [-0.4, -0.2) is 61.0 Å². The first-order valence-electron chi connectivity index (χ1n) is 10.3. The lowest BCUT2D eigenvalue weighted by molar-refractivity contribution is -0.147. The summed E-state index contributed by atoms with van der Waals surface area (Å²) in [6.45, 7) is 0.996. The van der Waals surface area contributed by atoms with Crippen LogP contribution in [0.3, 0.4) is 0 Å². The van der Waals surface area contributed by atoms with E-state index in [0.29, 0.717) is 11.4 Å². The number of esters is 2. The lowest BCUT2D eigenvalue weighted by Gasteiger charge is -2.17. The van der Waals surface area contributed by atoms with Gasteiger partial charge >= 0.3 is 11.9 Å². The largest absolute Gasteiger partial charge is 0.505 e. The molecule has 0 spiro atoms. The van der Waals surface area contributed by atoms with Crippen molar-refractivity contribution in [3.05, 3.63) is 77.4 Å². The lowest BCUT2D eigenvalue weighted by atomic mass is 10.1. The highest BCUT2D eigenvalue weighted by molar-refractivity contribution is 5.94. The van der Waals surface area contributed by atoms with Gasteiger partial charge in [0.15, 0.2) is 17.6 Å². The molecule has 2 heterocycles. The molecule has 0 saturated heterocycles. The maximum atomic E-state index is 12.6. The molecule has 0 unspecified atom stereocenters. The molecule has 1 aliphatic heterocycles. The van der Waals surface area contributed by atoms with Crippen molar-refractivity contribution < 1.29 is 39.5 Å². The van der Waals surface area contributed by atoms with Crippen LogP contribution in [0.2, 0.25) is 0 Å². The summed E-state index contributed by atoms with van der Waals surface area (Å²) in [6.07, 6.45) is -3.18. The fourth-order valence-corrected chi connectivity index (χ4v) is 3.26. The van der Waals surface area contributed by atoms with E-state index >= 15 is 0 Å². The highest BCUT2D eigenvalue weighted by atomic mass is 16.6. The number of aliphatic hydroxyl groups excluding tert-OH is 3. The van der Waals surface area contributed by atoms with Crippen LogP contribution in [0.5, 0.6) is 5.88 Å². The number of aliphatic hydroxyl groups is 3. The van der Waals surface area contributed by atoms with E-state index in [1.54, 1.807) is 43.3 Å². The minimum Gasteiger partial charge on any atom is -0.505 e. The van der Waals surface area contributed by atoms with Gasteiger partial charge in [-0.15, -0.1) is 10.2 Å². The molecule has 12 nitrogen and oxygen atoms in total. The van der Waals surface area contributed by atoms with Crippen molar-refractivity contribution in [2.24, 2.45) is 10.2 Å². The Hall–Kier alpha value is -4.71. The van der Waals surface area contributed by atoms with Crippen LogP contribution in [0.25, 0.3) is 5.69 Å². The fraction of sp³-hybridized carbons (Fsp3) is 0.174. The predicted molar refractivity (Wildman–Crippen MR) is 119 cm³/mol. The molecule has 3 aromatic rings. The molecular formula is C23H20N4O8. The molecule has 0 aliphatic carbocycles. The van der Waals surface area contributed by atoms with Gasteiger partial charge in [0.05, 0.1) is 16.9 Å². The van der Waals surface area contributed by atoms with Crippen molar-refractivity contribution in [3.8, 4) is 11.6 Å². The van der Waals surface area contributed by atoms with Gasteiger partial charge in [0.2, 0.25) is 11.6 Å². The normalized spacial score (nSPS) is 16.5. The lowest BCUT2D eigenvalue weighted by Crippen LogP contribution is -2.33. The monoisotopic (exact) mass is 480 g/mol. The number of carbonyl (C=O) groups excluding carboxylic acids is 2. The summed E-state index contributed by atoms with van der Waals surface area (Å²) < 4.78 is 11.0. The smallest absolute Gasteiger partial charge is 0.377 e. The number of rotatable bonds is 7. The first-order valence-corrected chi connectivity index (χ1v) is 10.3. The molecule has 0 amide bonds. The van der Waals surface area contributed by atoms with E-state index in [4.69, 9.17) is 4.74 Å². The summed E-state index contributed by atoms with van der Waals surface area (Å²) >= 11 is 0. The van der Waals surface area contributed by atoms with Gasteiger partial charge in [0.25, 0.3) is 0 Å². The number of hydrogen-bond donors (Lipinski definition) is 4. The first kappa shape index (κ1) is 23.4. The third-order valence-electron chi connectivity index (χ3n) is 5.06. The first-order chi connectivity index (χ1) is 16.8. The molecule has 12 heteroatoms. The summed E-state index contributed by atoms with van der Waals surface area (Å²) in [5.74, 6) is -4.17. The third kappa shape index (κ3) is 4.68. The maximum Gasteiger partial charge on any atom is 0.377 e. The quantitative estimate of drug-likeness (QED) is 0.292. The van der Waals surface area contributed by atoms with Gasteiger partial charge in [-0.3, -0.25) is 0 Å². The molecule has 0 fully saturated rings. The zero-order chi connectivity index (χ0) is 25.1. The molecule has 1 aromatic heterocycles. The van der Waals surface area contributed by atoms with Crippen LogP contribution in [0.1, 0.15) is 16.1 Å². The number of ether oxygens (including phenoxy) is 2. The average Bonchev–Trinajstić information content (AvgIpc) is 3.30. The Bertz CT molecular complexity index is 1330. The van der Waals surface area contributed by atoms with E-state index in [-0.39, 0.29) is 22.8 Å². The second-order valence-electron chi connectivity index (χ2n) is 7.45. The Labute approximate surface area is 198 Å². The van der Waals surface area contributed by atoms with E-state index in [2.05, 4.69) is 20.1 Å². The van der Waals surface area contributed by atoms with Crippen molar-refractivity contribution in [1.29, 1.82) is 0 Å². The van der Waals surface area contributed by atoms with Crippen molar-refractivity contribution in [2.75, 3.05) is 6.61 Å². The van der Waals surface area contributed by atoms with Gasteiger partial charge in [-0.25, -0.2) is 9.59 Å². The zero-order valence-electron chi connectivity index (χ0n) is 18.3. The van der Waals surface area contributed by atoms with E-state index in [1.807, 2.05) is 6.07 Å². The summed E-state index contributed by atoms with van der Waals surface area (Å²) in [7, 11) is 0. The van der Waals surface area contributed by atoms with Crippen LogP contribution >= 0.6 is 0 Å². The van der Waals surface area contributed by atoms with Crippen LogP contribution in [-0.2, 0) is 14.3 Å². The van der Waals surface area contributed by atoms with Gasteiger partial charge < -0.3 is 29.9 Å².